The van der Waals surface area contributed by atoms with Crippen molar-refractivity contribution in [3.8, 4) is 0 Å². The van der Waals surface area contributed by atoms with Gasteiger partial charge in [0.05, 0.1) is 5.02 Å². The maximum atomic E-state index is 13.2. The molecule has 0 amide bonds. The van der Waals surface area contributed by atoms with E-state index in [1.165, 1.54) is 25.3 Å². The minimum absolute atomic E-state index is 0.301. The van der Waals surface area contributed by atoms with Crippen LogP contribution in [0.15, 0.2) is 18.2 Å². The maximum Gasteiger partial charge on any atom is 0.142 e. The molecule has 1 aromatic rings. The van der Waals surface area contributed by atoms with E-state index in [1.54, 1.807) is 6.07 Å². The first-order valence-corrected chi connectivity index (χ1v) is 6.53. The van der Waals surface area contributed by atoms with Gasteiger partial charge in [-0.3, -0.25) is 0 Å². The number of rotatable bonds is 2. The van der Waals surface area contributed by atoms with Crippen molar-refractivity contribution in [3.05, 3.63) is 34.6 Å². The zero-order valence-electron chi connectivity index (χ0n) is 8.35. The van der Waals surface area contributed by atoms with Crippen LogP contribution < -0.4 is 0 Å². The highest BCUT2D eigenvalue weighted by Gasteiger charge is 2.23. The number of alkyl halides is 1. The van der Waals surface area contributed by atoms with Gasteiger partial charge in [0.15, 0.2) is 0 Å². The predicted octanol–water partition coefficient (Wildman–Crippen LogP) is 4.59. The molecule has 0 saturated heterocycles. The Morgan fingerprint density at radius 2 is 2.20 bits per heavy atom. The molecule has 0 bridgehead atoms. The summed E-state index contributed by atoms with van der Waals surface area (Å²) in [7, 11) is 0. The van der Waals surface area contributed by atoms with Crippen molar-refractivity contribution in [3.63, 3.8) is 0 Å². The lowest BCUT2D eigenvalue weighted by Crippen LogP contribution is -2.01. The molecule has 15 heavy (non-hydrogen) atoms. The zero-order chi connectivity index (χ0) is 10.8. The fourth-order valence-corrected chi connectivity index (χ4v) is 3.21. The van der Waals surface area contributed by atoms with Gasteiger partial charge in [-0.15, -0.1) is 0 Å². The van der Waals surface area contributed by atoms with Crippen LogP contribution in [0, 0.1) is 11.7 Å². The molecule has 1 aromatic carbocycles. The Labute approximate surface area is 103 Å². The van der Waals surface area contributed by atoms with Crippen molar-refractivity contribution in [1.29, 1.82) is 0 Å². The Balaban J connectivity index is 2.07. The Kier molecular flexibility index (Phi) is 3.68. The fourth-order valence-electron chi connectivity index (χ4n) is 2.22. The third kappa shape index (κ3) is 2.73. The molecule has 82 valence electrons. The Bertz CT molecular complexity index is 353. The second kappa shape index (κ2) is 4.84. The van der Waals surface area contributed by atoms with E-state index in [0.717, 1.165) is 12.0 Å². The highest BCUT2D eigenvalue weighted by atomic mass is 79.9. The first-order chi connectivity index (χ1) is 7.16. The van der Waals surface area contributed by atoms with Gasteiger partial charge < -0.3 is 0 Å². The smallest absolute Gasteiger partial charge is 0.142 e. The molecule has 0 radical (unpaired) electrons. The van der Waals surface area contributed by atoms with Crippen molar-refractivity contribution >= 4 is 27.5 Å². The summed E-state index contributed by atoms with van der Waals surface area (Å²) in [6.45, 7) is 0. The van der Waals surface area contributed by atoms with Crippen LogP contribution in [0.4, 0.5) is 4.39 Å². The molecule has 1 fully saturated rings. The number of benzene rings is 1. The Morgan fingerprint density at radius 1 is 1.40 bits per heavy atom. The minimum atomic E-state index is -0.303. The molecule has 1 aliphatic rings. The molecule has 2 unspecified atom stereocenters. The van der Waals surface area contributed by atoms with Crippen LogP contribution in [-0.4, -0.2) is 4.83 Å². The lowest BCUT2D eigenvalue weighted by molar-refractivity contribution is 0.544. The van der Waals surface area contributed by atoms with E-state index in [4.69, 9.17) is 11.6 Å². The van der Waals surface area contributed by atoms with Crippen molar-refractivity contribution in [2.24, 2.45) is 5.92 Å². The van der Waals surface area contributed by atoms with Gasteiger partial charge in [-0.05, 0) is 43.2 Å². The minimum Gasteiger partial charge on any atom is -0.205 e. The third-order valence-corrected chi connectivity index (χ3v) is 4.27. The molecule has 1 saturated carbocycles. The first kappa shape index (κ1) is 11.4. The van der Waals surface area contributed by atoms with Gasteiger partial charge in [0, 0.05) is 4.83 Å². The Hall–Kier alpha value is -0.0800. The monoisotopic (exact) mass is 290 g/mol. The largest absolute Gasteiger partial charge is 0.205 e. The SMILES string of the molecule is Fc1cccc(CC2CCC(Br)C2)c1Cl. The summed E-state index contributed by atoms with van der Waals surface area (Å²) in [5.41, 5.74) is 0.947. The zero-order valence-corrected chi connectivity index (χ0v) is 10.7. The lowest BCUT2D eigenvalue weighted by atomic mass is 9.98. The van der Waals surface area contributed by atoms with E-state index in [-0.39, 0.29) is 5.82 Å². The summed E-state index contributed by atoms with van der Waals surface area (Å²) >= 11 is 9.54. The fraction of sp³-hybridized carbons (Fsp3) is 0.500. The summed E-state index contributed by atoms with van der Waals surface area (Å²) in [4.78, 5) is 0.634. The molecular weight excluding hydrogens is 278 g/mol. The van der Waals surface area contributed by atoms with E-state index >= 15 is 0 Å². The van der Waals surface area contributed by atoms with Gasteiger partial charge in [0.25, 0.3) is 0 Å². The molecule has 0 nitrogen and oxygen atoms in total. The summed E-state index contributed by atoms with van der Waals surface area (Å²) in [6.07, 6.45) is 4.51. The van der Waals surface area contributed by atoms with E-state index in [9.17, 15) is 4.39 Å². The van der Waals surface area contributed by atoms with Crippen LogP contribution in [0.3, 0.4) is 0 Å². The number of halogens is 3. The highest BCUT2D eigenvalue weighted by Crippen LogP contribution is 2.34. The topological polar surface area (TPSA) is 0 Å². The molecular formula is C12H13BrClF. The normalized spacial score (nSPS) is 25.8. The second-order valence-corrected chi connectivity index (χ2v) is 5.87. The van der Waals surface area contributed by atoms with Crippen LogP contribution in [-0.2, 0) is 6.42 Å². The molecule has 0 aromatic heterocycles. The first-order valence-electron chi connectivity index (χ1n) is 5.23. The summed E-state index contributed by atoms with van der Waals surface area (Å²) in [5.74, 6) is 0.344. The average molecular weight is 292 g/mol. The summed E-state index contributed by atoms with van der Waals surface area (Å²) in [5, 5.41) is 0.301. The molecule has 1 aliphatic carbocycles. The van der Waals surface area contributed by atoms with E-state index in [1.807, 2.05) is 6.07 Å². The van der Waals surface area contributed by atoms with Crippen molar-refractivity contribution in [2.75, 3.05) is 0 Å². The van der Waals surface area contributed by atoms with Gasteiger partial charge in [-0.2, -0.15) is 0 Å². The maximum absolute atomic E-state index is 13.2. The van der Waals surface area contributed by atoms with E-state index < -0.39 is 0 Å². The molecule has 0 N–H and O–H groups in total. The quantitative estimate of drug-likeness (QED) is 0.699. The van der Waals surface area contributed by atoms with Gasteiger partial charge in [0.1, 0.15) is 5.82 Å². The van der Waals surface area contributed by atoms with Crippen LogP contribution in [0.25, 0.3) is 0 Å². The predicted molar refractivity (Wildman–Crippen MR) is 65.2 cm³/mol. The Morgan fingerprint density at radius 3 is 2.87 bits per heavy atom. The highest BCUT2D eigenvalue weighted by molar-refractivity contribution is 9.09. The number of hydrogen-bond acceptors (Lipinski definition) is 0. The van der Waals surface area contributed by atoms with Crippen molar-refractivity contribution in [2.45, 2.75) is 30.5 Å². The van der Waals surface area contributed by atoms with Crippen molar-refractivity contribution in [1.82, 2.24) is 0 Å². The number of hydrogen-bond donors (Lipinski definition) is 0. The molecule has 3 heteroatoms. The summed E-state index contributed by atoms with van der Waals surface area (Å²) in [6, 6.07) is 5.07. The molecule has 0 spiro atoms. The van der Waals surface area contributed by atoms with Crippen LogP contribution in [0.5, 0.6) is 0 Å². The van der Waals surface area contributed by atoms with Gasteiger partial charge in [-0.25, -0.2) is 4.39 Å². The van der Waals surface area contributed by atoms with Crippen molar-refractivity contribution < 1.29 is 4.39 Å². The van der Waals surface area contributed by atoms with Crippen LogP contribution in [0.2, 0.25) is 5.02 Å². The lowest BCUT2D eigenvalue weighted by Gasteiger charge is -2.10. The second-order valence-electron chi connectivity index (χ2n) is 4.19. The third-order valence-electron chi connectivity index (χ3n) is 3.02. The molecule has 0 heterocycles. The molecule has 0 aliphatic heterocycles. The standard InChI is InChI=1S/C12H13BrClF/c13-10-5-4-8(7-10)6-9-2-1-3-11(15)12(9)14/h1-3,8,10H,4-7H2. The summed E-state index contributed by atoms with van der Waals surface area (Å²) < 4.78 is 13.2. The van der Waals surface area contributed by atoms with Gasteiger partial charge in [-0.1, -0.05) is 39.7 Å². The average Bonchev–Trinajstić information content (AvgIpc) is 2.59. The van der Waals surface area contributed by atoms with E-state index in [0.29, 0.717) is 15.8 Å². The van der Waals surface area contributed by atoms with Crippen LogP contribution in [0.1, 0.15) is 24.8 Å². The van der Waals surface area contributed by atoms with Gasteiger partial charge >= 0.3 is 0 Å². The van der Waals surface area contributed by atoms with E-state index in [2.05, 4.69) is 15.9 Å². The van der Waals surface area contributed by atoms with Crippen LogP contribution >= 0.6 is 27.5 Å². The van der Waals surface area contributed by atoms with Gasteiger partial charge in [0.2, 0.25) is 0 Å². The molecule has 2 rings (SSSR count). The molecule has 2 atom stereocenters.